The number of aromatic nitrogens is 1. The van der Waals surface area contributed by atoms with Crippen LogP contribution in [0.1, 0.15) is 21.5 Å². The second-order valence-electron chi connectivity index (χ2n) is 4.38. The Labute approximate surface area is 110 Å². The number of pyridine rings is 1. The van der Waals surface area contributed by atoms with E-state index in [0.29, 0.717) is 17.1 Å². The lowest BCUT2D eigenvalue weighted by atomic mass is 10.2. The van der Waals surface area contributed by atoms with Gasteiger partial charge in [-0.15, -0.1) is 0 Å². The standard InChI is InChI=1S/C14H11ClN2O/c1-9-2-3-13(12(15)6-9)17-8-10-4-5-16-7-11(10)14(17)18/h2-7H,8H2,1H3. The zero-order chi connectivity index (χ0) is 12.7. The maximum absolute atomic E-state index is 12.3. The van der Waals surface area contributed by atoms with E-state index in [9.17, 15) is 4.79 Å². The zero-order valence-corrected chi connectivity index (χ0v) is 10.6. The minimum atomic E-state index is -0.0381. The number of anilines is 1. The molecular weight excluding hydrogens is 248 g/mol. The first-order valence-electron chi connectivity index (χ1n) is 5.68. The van der Waals surface area contributed by atoms with Crippen molar-refractivity contribution in [3.05, 3.63) is 58.4 Å². The molecule has 0 bridgehead atoms. The number of rotatable bonds is 1. The highest BCUT2D eigenvalue weighted by Crippen LogP contribution is 2.33. The molecule has 1 aromatic heterocycles. The van der Waals surface area contributed by atoms with Gasteiger partial charge in [-0.2, -0.15) is 0 Å². The summed E-state index contributed by atoms with van der Waals surface area (Å²) in [5.41, 5.74) is 3.49. The van der Waals surface area contributed by atoms with E-state index in [1.54, 1.807) is 17.3 Å². The Balaban J connectivity index is 2.04. The molecule has 4 heteroatoms. The van der Waals surface area contributed by atoms with Crippen LogP contribution in [0.4, 0.5) is 5.69 Å². The highest BCUT2D eigenvalue weighted by Gasteiger charge is 2.29. The second-order valence-corrected chi connectivity index (χ2v) is 4.79. The minimum Gasteiger partial charge on any atom is -0.302 e. The van der Waals surface area contributed by atoms with Crippen LogP contribution in [0.15, 0.2) is 36.7 Å². The summed E-state index contributed by atoms with van der Waals surface area (Å²) in [6.45, 7) is 2.53. The maximum atomic E-state index is 12.3. The van der Waals surface area contributed by atoms with Gasteiger partial charge < -0.3 is 4.90 Å². The number of amides is 1. The summed E-state index contributed by atoms with van der Waals surface area (Å²) in [7, 11) is 0. The SMILES string of the molecule is Cc1ccc(N2Cc3ccncc3C2=O)c(Cl)c1. The van der Waals surface area contributed by atoms with Crippen molar-refractivity contribution in [2.24, 2.45) is 0 Å². The van der Waals surface area contributed by atoms with Crippen LogP contribution in [0.2, 0.25) is 5.02 Å². The highest BCUT2D eigenvalue weighted by atomic mass is 35.5. The van der Waals surface area contributed by atoms with Gasteiger partial charge in [-0.3, -0.25) is 9.78 Å². The molecule has 0 aliphatic carbocycles. The van der Waals surface area contributed by atoms with Crippen LogP contribution in [0.3, 0.4) is 0 Å². The van der Waals surface area contributed by atoms with Crippen LogP contribution in [0.5, 0.6) is 0 Å². The van der Waals surface area contributed by atoms with Gasteiger partial charge in [-0.25, -0.2) is 0 Å². The molecule has 3 nitrogen and oxygen atoms in total. The van der Waals surface area contributed by atoms with Crippen LogP contribution < -0.4 is 4.90 Å². The summed E-state index contributed by atoms with van der Waals surface area (Å²) in [5.74, 6) is -0.0381. The van der Waals surface area contributed by atoms with Gasteiger partial charge in [0.05, 0.1) is 22.8 Å². The summed E-state index contributed by atoms with van der Waals surface area (Å²) in [6.07, 6.45) is 3.31. The first-order valence-corrected chi connectivity index (χ1v) is 6.05. The Morgan fingerprint density at radius 2 is 2.17 bits per heavy atom. The maximum Gasteiger partial charge on any atom is 0.260 e. The van der Waals surface area contributed by atoms with Crippen molar-refractivity contribution in [1.29, 1.82) is 0 Å². The molecule has 90 valence electrons. The third kappa shape index (κ3) is 1.68. The molecular formula is C14H11ClN2O. The van der Waals surface area contributed by atoms with Gasteiger partial charge in [-0.1, -0.05) is 17.7 Å². The first-order chi connectivity index (χ1) is 8.66. The first kappa shape index (κ1) is 11.2. The van der Waals surface area contributed by atoms with Crippen molar-refractivity contribution in [3.63, 3.8) is 0 Å². The lowest BCUT2D eigenvalue weighted by molar-refractivity contribution is 0.0996. The Morgan fingerprint density at radius 1 is 1.33 bits per heavy atom. The van der Waals surface area contributed by atoms with E-state index in [2.05, 4.69) is 4.98 Å². The molecule has 18 heavy (non-hydrogen) atoms. The third-order valence-corrected chi connectivity index (χ3v) is 3.41. The van der Waals surface area contributed by atoms with Gasteiger partial charge in [0.15, 0.2) is 0 Å². The van der Waals surface area contributed by atoms with Crippen molar-refractivity contribution in [1.82, 2.24) is 4.98 Å². The smallest absolute Gasteiger partial charge is 0.260 e. The molecule has 0 radical (unpaired) electrons. The molecule has 0 fully saturated rings. The van der Waals surface area contributed by atoms with Crippen molar-refractivity contribution in [2.75, 3.05) is 4.90 Å². The summed E-state index contributed by atoms with van der Waals surface area (Å²) >= 11 is 6.21. The fourth-order valence-electron chi connectivity index (χ4n) is 2.17. The number of carbonyl (C=O) groups is 1. The van der Waals surface area contributed by atoms with Gasteiger partial charge in [0, 0.05) is 12.4 Å². The predicted molar refractivity (Wildman–Crippen MR) is 70.9 cm³/mol. The van der Waals surface area contributed by atoms with Crippen molar-refractivity contribution in [3.8, 4) is 0 Å². The van der Waals surface area contributed by atoms with Crippen molar-refractivity contribution in [2.45, 2.75) is 13.5 Å². The van der Waals surface area contributed by atoms with Gasteiger partial charge in [0.2, 0.25) is 0 Å². The monoisotopic (exact) mass is 258 g/mol. The molecule has 2 aromatic rings. The zero-order valence-electron chi connectivity index (χ0n) is 9.85. The number of halogens is 1. The molecule has 0 atom stereocenters. The molecule has 2 heterocycles. The molecule has 1 amide bonds. The van der Waals surface area contributed by atoms with Crippen LogP contribution in [0, 0.1) is 6.92 Å². The fourth-order valence-corrected chi connectivity index (χ4v) is 2.50. The Bertz CT molecular complexity index is 639. The van der Waals surface area contributed by atoms with Crippen molar-refractivity contribution < 1.29 is 4.79 Å². The van der Waals surface area contributed by atoms with E-state index in [1.807, 2.05) is 31.2 Å². The number of hydrogen-bond donors (Lipinski definition) is 0. The average Bonchev–Trinajstić information content (AvgIpc) is 2.68. The summed E-state index contributed by atoms with van der Waals surface area (Å²) in [6, 6.07) is 7.57. The van der Waals surface area contributed by atoms with E-state index in [1.165, 1.54) is 0 Å². The quantitative estimate of drug-likeness (QED) is 0.787. The minimum absolute atomic E-state index is 0.0381. The predicted octanol–water partition coefficient (Wildman–Crippen LogP) is 3.20. The number of aryl methyl sites for hydroxylation is 1. The molecule has 0 unspecified atom stereocenters. The molecule has 0 saturated heterocycles. The Morgan fingerprint density at radius 3 is 2.89 bits per heavy atom. The third-order valence-electron chi connectivity index (χ3n) is 3.11. The van der Waals surface area contributed by atoms with Gasteiger partial charge in [0.1, 0.15) is 0 Å². The van der Waals surface area contributed by atoms with Crippen LogP contribution >= 0.6 is 11.6 Å². The van der Waals surface area contributed by atoms with Crippen LogP contribution in [-0.4, -0.2) is 10.9 Å². The average molecular weight is 259 g/mol. The molecule has 1 aliphatic heterocycles. The molecule has 0 saturated carbocycles. The molecule has 1 aromatic carbocycles. The molecule has 1 aliphatic rings. The second kappa shape index (κ2) is 4.10. The van der Waals surface area contributed by atoms with Gasteiger partial charge in [0.25, 0.3) is 5.91 Å². The topological polar surface area (TPSA) is 33.2 Å². The normalized spacial score (nSPS) is 13.9. The van der Waals surface area contributed by atoms with E-state index in [-0.39, 0.29) is 5.91 Å². The number of benzene rings is 1. The van der Waals surface area contributed by atoms with Crippen LogP contribution in [0.25, 0.3) is 0 Å². The molecule has 0 spiro atoms. The lowest BCUT2D eigenvalue weighted by Gasteiger charge is -2.17. The van der Waals surface area contributed by atoms with Crippen LogP contribution in [-0.2, 0) is 6.54 Å². The number of carbonyl (C=O) groups excluding carboxylic acids is 1. The molecule has 0 N–H and O–H groups in total. The summed E-state index contributed by atoms with van der Waals surface area (Å²) < 4.78 is 0. The molecule has 3 rings (SSSR count). The van der Waals surface area contributed by atoms with E-state index in [0.717, 1.165) is 16.8 Å². The highest BCUT2D eigenvalue weighted by molar-refractivity contribution is 6.34. The largest absolute Gasteiger partial charge is 0.302 e. The number of fused-ring (bicyclic) bond motifs is 1. The summed E-state index contributed by atoms with van der Waals surface area (Å²) in [5, 5.41) is 0.601. The van der Waals surface area contributed by atoms with E-state index in [4.69, 9.17) is 11.6 Å². The fraction of sp³-hybridized carbons (Fsp3) is 0.143. The number of hydrogen-bond acceptors (Lipinski definition) is 2. The Hall–Kier alpha value is -1.87. The number of nitrogens with zero attached hydrogens (tertiary/aromatic N) is 2. The van der Waals surface area contributed by atoms with Gasteiger partial charge >= 0.3 is 0 Å². The van der Waals surface area contributed by atoms with E-state index >= 15 is 0 Å². The lowest BCUT2D eigenvalue weighted by Crippen LogP contribution is -2.23. The summed E-state index contributed by atoms with van der Waals surface area (Å²) in [4.78, 5) is 17.9. The van der Waals surface area contributed by atoms with Crippen molar-refractivity contribution >= 4 is 23.2 Å². The van der Waals surface area contributed by atoms with E-state index < -0.39 is 0 Å². The Kier molecular flexibility index (Phi) is 2.56. The van der Waals surface area contributed by atoms with Gasteiger partial charge in [-0.05, 0) is 36.2 Å².